The van der Waals surface area contributed by atoms with E-state index in [1.54, 1.807) is 8.05 Å². The molecule has 0 atom stereocenters. The third kappa shape index (κ3) is 1.61. The molecule has 12 heavy (non-hydrogen) atoms. The van der Waals surface area contributed by atoms with Gasteiger partial charge in [-0.05, 0) is 24.6 Å². The van der Waals surface area contributed by atoms with Gasteiger partial charge in [0.25, 0.3) is 0 Å². The molecule has 0 aromatic heterocycles. The zero-order chi connectivity index (χ0) is 9.14. The second-order valence-corrected chi connectivity index (χ2v) is 2.74. The van der Waals surface area contributed by atoms with Crippen LogP contribution in [-0.2, 0) is 0 Å². The van der Waals surface area contributed by atoms with Crippen molar-refractivity contribution in [3.8, 4) is 5.75 Å². The second-order valence-electron chi connectivity index (χ2n) is 2.74. The molecular formula is C9H12BNO. The molecule has 0 amide bonds. The van der Waals surface area contributed by atoms with E-state index in [-0.39, 0.29) is 0 Å². The standard InChI is InChI=1S/C9H12BNO/c1-6(2)7-3-4-9(12-10)8(11)5-7/h3-5H,1,10-11H2,2H3. The predicted octanol–water partition coefficient (Wildman–Crippen LogP) is 1.23. The van der Waals surface area contributed by atoms with Gasteiger partial charge in [-0.1, -0.05) is 18.2 Å². The van der Waals surface area contributed by atoms with E-state index >= 15 is 0 Å². The largest absolute Gasteiger partial charge is 0.566 e. The molecule has 0 fully saturated rings. The molecule has 3 heteroatoms. The summed E-state index contributed by atoms with van der Waals surface area (Å²) in [5, 5.41) is 0. The van der Waals surface area contributed by atoms with Crippen molar-refractivity contribution in [2.45, 2.75) is 6.92 Å². The van der Waals surface area contributed by atoms with Crippen molar-refractivity contribution >= 4 is 19.3 Å². The Morgan fingerprint density at radius 2 is 2.25 bits per heavy atom. The van der Waals surface area contributed by atoms with Gasteiger partial charge in [0.05, 0.1) is 5.69 Å². The molecule has 0 heterocycles. The summed E-state index contributed by atoms with van der Waals surface area (Å²) in [4.78, 5) is 0. The summed E-state index contributed by atoms with van der Waals surface area (Å²) in [6.07, 6.45) is 0. The van der Waals surface area contributed by atoms with Gasteiger partial charge in [0.15, 0.2) is 0 Å². The third-order valence-electron chi connectivity index (χ3n) is 1.72. The van der Waals surface area contributed by atoms with Gasteiger partial charge in [0.1, 0.15) is 5.75 Å². The number of benzene rings is 1. The first-order valence-corrected chi connectivity index (χ1v) is 3.74. The first-order valence-electron chi connectivity index (χ1n) is 3.74. The SMILES string of the molecule is BOc1ccc(C(=C)C)cc1N. The van der Waals surface area contributed by atoms with Crippen LogP contribution in [0.4, 0.5) is 5.69 Å². The first kappa shape index (κ1) is 8.72. The van der Waals surface area contributed by atoms with Crippen LogP contribution in [0.1, 0.15) is 12.5 Å². The lowest BCUT2D eigenvalue weighted by Crippen LogP contribution is -1.94. The Balaban J connectivity index is 3.10. The first-order chi connectivity index (χ1) is 5.65. The Labute approximate surface area is 73.5 Å². The molecule has 0 radical (unpaired) electrons. The Morgan fingerprint density at radius 3 is 2.67 bits per heavy atom. The molecule has 0 aliphatic heterocycles. The summed E-state index contributed by atoms with van der Waals surface area (Å²) >= 11 is 0. The molecule has 62 valence electrons. The van der Waals surface area contributed by atoms with E-state index in [0.717, 1.165) is 11.1 Å². The molecule has 0 aliphatic carbocycles. The summed E-state index contributed by atoms with van der Waals surface area (Å²) < 4.78 is 5.03. The summed E-state index contributed by atoms with van der Waals surface area (Å²) in [5.41, 5.74) is 8.41. The minimum Gasteiger partial charge on any atom is -0.566 e. The van der Waals surface area contributed by atoms with Crippen molar-refractivity contribution in [2.75, 3.05) is 5.73 Å². The summed E-state index contributed by atoms with van der Waals surface area (Å²) in [6, 6.07) is 5.65. The average Bonchev–Trinajstić information content (AvgIpc) is 2.04. The van der Waals surface area contributed by atoms with Crippen LogP contribution in [0, 0.1) is 0 Å². The molecule has 1 aromatic rings. The fourth-order valence-electron chi connectivity index (χ4n) is 1.000. The number of hydrogen-bond donors (Lipinski definition) is 1. The molecule has 0 saturated carbocycles. The van der Waals surface area contributed by atoms with E-state index in [0.29, 0.717) is 11.4 Å². The normalized spacial score (nSPS) is 9.42. The van der Waals surface area contributed by atoms with Crippen LogP contribution in [0.15, 0.2) is 24.8 Å². The van der Waals surface area contributed by atoms with Crippen LogP contribution < -0.4 is 10.4 Å². The number of allylic oxidation sites excluding steroid dienone is 1. The highest BCUT2D eigenvalue weighted by molar-refractivity contribution is 6.00. The molecule has 0 spiro atoms. The van der Waals surface area contributed by atoms with Gasteiger partial charge in [-0.3, -0.25) is 0 Å². The summed E-state index contributed by atoms with van der Waals surface area (Å²) in [7, 11) is 1.60. The Bertz CT molecular complexity index is 309. The number of nitrogen functional groups attached to an aromatic ring is 1. The smallest absolute Gasteiger partial charge is 0.322 e. The highest BCUT2D eigenvalue weighted by atomic mass is 16.4. The van der Waals surface area contributed by atoms with Gasteiger partial charge in [-0.15, -0.1) is 0 Å². The van der Waals surface area contributed by atoms with Crippen LogP contribution in [0.5, 0.6) is 5.75 Å². The number of nitrogens with two attached hydrogens (primary N) is 1. The van der Waals surface area contributed by atoms with E-state index in [1.165, 1.54) is 0 Å². The third-order valence-corrected chi connectivity index (χ3v) is 1.72. The van der Waals surface area contributed by atoms with E-state index in [1.807, 2.05) is 25.1 Å². The Kier molecular flexibility index (Phi) is 2.43. The highest BCUT2D eigenvalue weighted by Gasteiger charge is 1.99. The maximum Gasteiger partial charge on any atom is 0.322 e. The predicted molar refractivity (Wildman–Crippen MR) is 54.7 cm³/mol. The zero-order valence-electron chi connectivity index (χ0n) is 7.42. The van der Waals surface area contributed by atoms with Crippen molar-refractivity contribution in [3.05, 3.63) is 30.3 Å². The number of hydrogen-bond acceptors (Lipinski definition) is 2. The Morgan fingerprint density at radius 1 is 1.58 bits per heavy atom. The van der Waals surface area contributed by atoms with Crippen molar-refractivity contribution in [1.29, 1.82) is 0 Å². The molecule has 0 unspecified atom stereocenters. The highest BCUT2D eigenvalue weighted by Crippen LogP contribution is 2.24. The minimum atomic E-state index is 0.651. The second kappa shape index (κ2) is 3.35. The maximum atomic E-state index is 5.70. The van der Waals surface area contributed by atoms with Gasteiger partial charge in [0, 0.05) is 0 Å². The maximum absolute atomic E-state index is 5.70. The summed E-state index contributed by atoms with van der Waals surface area (Å²) in [6.45, 7) is 5.77. The molecule has 2 nitrogen and oxygen atoms in total. The topological polar surface area (TPSA) is 35.2 Å². The van der Waals surface area contributed by atoms with Crippen molar-refractivity contribution in [2.24, 2.45) is 0 Å². The van der Waals surface area contributed by atoms with E-state index < -0.39 is 0 Å². The van der Waals surface area contributed by atoms with Crippen molar-refractivity contribution in [3.63, 3.8) is 0 Å². The molecule has 2 N–H and O–H groups in total. The van der Waals surface area contributed by atoms with Crippen LogP contribution in [0.2, 0.25) is 0 Å². The molecular weight excluding hydrogens is 149 g/mol. The lowest BCUT2D eigenvalue weighted by atomic mass is 10.1. The van der Waals surface area contributed by atoms with E-state index in [9.17, 15) is 0 Å². The molecule has 0 aliphatic rings. The lowest BCUT2D eigenvalue weighted by Gasteiger charge is -2.06. The van der Waals surface area contributed by atoms with Crippen LogP contribution in [0.3, 0.4) is 0 Å². The Hall–Kier alpha value is -1.38. The van der Waals surface area contributed by atoms with Gasteiger partial charge >= 0.3 is 8.05 Å². The van der Waals surface area contributed by atoms with Gasteiger partial charge in [-0.2, -0.15) is 0 Å². The van der Waals surface area contributed by atoms with Crippen LogP contribution in [-0.4, -0.2) is 8.05 Å². The number of rotatable bonds is 2. The fraction of sp³-hybridized carbons (Fsp3) is 0.111. The number of anilines is 1. The van der Waals surface area contributed by atoms with E-state index in [2.05, 4.69) is 6.58 Å². The van der Waals surface area contributed by atoms with Crippen molar-refractivity contribution < 1.29 is 4.65 Å². The van der Waals surface area contributed by atoms with Crippen molar-refractivity contribution in [1.82, 2.24) is 0 Å². The van der Waals surface area contributed by atoms with Gasteiger partial charge in [-0.25, -0.2) is 0 Å². The fourth-order valence-corrected chi connectivity index (χ4v) is 1.000. The quantitative estimate of drug-likeness (QED) is 0.522. The van der Waals surface area contributed by atoms with Gasteiger partial charge in [0.2, 0.25) is 0 Å². The molecule has 1 rings (SSSR count). The zero-order valence-corrected chi connectivity index (χ0v) is 7.42. The van der Waals surface area contributed by atoms with E-state index in [4.69, 9.17) is 10.4 Å². The van der Waals surface area contributed by atoms with Gasteiger partial charge < -0.3 is 10.4 Å². The monoisotopic (exact) mass is 161 g/mol. The van der Waals surface area contributed by atoms with Crippen LogP contribution >= 0.6 is 0 Å². The lowest BCUT2D eigenvalue weighted by molar-refractivity contribution is 0.619. The molecule has 1 aromatic carbocycles. The average molecular weight is 161 g/mol. The molecule has 0 bridgehead atoms. The summed E-state index contributed by atoms with van der Waals surface area (Å²) in [5.74, 6) is 0.708. The minimum absolute atomic E-state index is 0.651. The van der Waals surface area contributed by atoms with Crippen LogP contribution in [0.25, 0.3) is 5.57 Å². The molecule has 0 saturated heterocycles.